The van der Waals surface area contributed by atoms with Crippen LogP contribution in [0.4, 0.5) is 0 Å². The lowest BCUT2D eigenvalue weighted by molar-refractivity contribution is -0.253. The number of hydrogen-bond acceptors (Lipinski definition) is 7. The number of ketones is 1. The average Bonchev–Trinajstić information content (AvgIpc) is 2.83. The number of carbonyl (C=O) groups excluding carboxylic acids is 4. The first-order valence-electron chi connectivity index (χ1n) is 10.2. The van der Waals surface area contributed by atoms with Gasteiger partial charge in [-0.25, -0.2) is 0 Å². The molecule has 0 aromatic rings. The third-order valence-corrected chi connectivity index (χ3v) is 8.11. The Labute approximate surface area is 169 Å². The number of carbonyl (C=O) groups is 4. The highest BCUT2D eigenvalue weighted by molar-refractivity contribution is 6.15. The van der Waals surface area contributed by atoms with E-state index in [1.165, 1.54) is 6.92 Å². The lowest BCUT2D eigenvalue weighted by Gasteiger charge is -2.62. The molecule has 1 saturated heterocycles. The van der Waals surface area contributed by atoms with E-state index < -0.39 is 58.0 Å². The molecule has 4 aliphatic rings. The van der Waals surface area contributed by atoms with Gasteiger partial charge in [-0.2, -0.15) is 0 Å². The number of ether oxygens (including phenoxy) is 2. The van der Waals surface area contributed by atoms with Gasteiger partial charge in [-0.05, 0) is 42.6 Å². The Bertz CT molecular complexity index is 814. The van der Waals surface area contributed by atoms with Gasteiger partial charge in [0, 0.05) is 18.8 Å². The molecule has 1 aliphatic heterocycles. The molecule has 2 spiro atoms. The van der Waals surface area contributed by atoms with Crippen molar-refractivity contribution in [2.75, 3.05) is 6.61 Å². The minimum atomic E-state index is -1.56. The molecule has 7 atom stereocenters. The predicted octanol–water partition coefficient (Wildman–Crippen LogP) is 1.61. The average molecular weight is 404 g/mol. The van der Waals surface area contributed by atoms with Gasteiger partial charge >= 0.3 is 11.9 Å². The number of aliphatic hydroxyl groups is 1. The summed E-state index contributed by atoms with van der Waals surface area (Å²) in [5.74, 6) is -3.36. The van der Waals surface area contributed by atoms with E-state index in [0.717, 1.165) is 6.29 Å². The summed E-state index contributed by atoms with van der Waals surface area (Å²) in [7, 11) is 0. The van der Waals surface area contributed by atoms with Crippen LogP contribution in [0.1, 0.15) is 46.5 Å². The van der Waals surface area contributed by atoms with Gasteiger partial charge in [0.05, 0.1) is 11.5 Å². The van der Waals surface area contributed by atoms with Crippen LogP contribution < -0.4 is 0 Å². The number of esters is 2. The topological polar surface area (TPSA) is 107 Å². The number of fused-ring (bicyclic) bond motifs is 2. The van der Waals surface area contributed by atoms with Crippen LogP contribution in [-0.4, -0.2) is 47.9 Å². The molecule has 1 N–H and O–H groups in total. The van der Waals surface area contributed by atoms with Crippen LogP contribution in [0.25, 0.3) is 0 Å². The van der Waals surface area contributed by atoms with E-state index in [0.29, 0.717) is 24.8 Å². The van der Waals surface area contributed by atoms with Crippen molar-refractivity contribution in [2.45, 2.75) is 58.7 Å². The van der Waals surface area contributed by atoms with Crippen LogP contribution in [0.3, 0.4) is 0 Å². The normalized spacial score (nSPS) is 45.5. The molecule has 3 saturated carbocycles. The number of Topliss-reactive ketones (excluding diaryl/α,β-unsaturated/α-hetero) is 1. The van der Waals surface area contributed by atoms with E-state index in [2.05, 4.69) is 6.58 Å². The molecule has 4 rings (SSSR count). The van der Waals surface area contributed by atoms with Crippen LogP contribution in [0.2, 0.25) is 0 Å². The molecule has 1 heterocycles. The Balaban J connectivity index is 1.96. The third kappa shape index (κ3) is 2.39. The molecule has 158 valence electrons. The summed E-state index contributed by atoms with van der Waals surface area (Å²) in [4.78, 5) is 50.7. The number of allylic oxidation sites excluding steroid dienone is 1. The van der Waals surface area contributed by atoms with Crippen LogP contribution in [0.5, 0.6) is 0 Å². The van der Waals surface area contributed by atoms with E-state index in [4.69, 9.17) is 9.47 Å². The lowest BCUT2D eigenvalue weighted by Crippen LogP contribution is -2.71. The fourth-order valence-electron chi connectivity index (χ4n) is 6.97. The third-order valence-electron chi connectivity index (χ3n) is 8.11. The van der Waals surface area contributed by atoms with E-state index in [1.807, 2.05) is 13.8 Å². The molecule has 2 bridgehead atoms. The molecule has 0 aromatic carbocycles. The first-order valence-corrected chi connectivity index (χ1v) is 10.2. The van der Waals surface area contributed by atoms with Gasteiger partial charge < -0.3 is 19.4 Å². The predicted molar refractivity (Wildman–Crippen MR) is 100 cm³/mol. The maximum atomic E-state index is 13.3. The highest BCUT2D eigenvalue weighted by Gasteiger charge is 2.76. The Morgan fingerprint density at radius 1 is 1.34 bits per heavy atom. The van der Waals surface area contributed by atoms with Crippen molar-refractivity contribution >= 4 is 24.0 Å². The number of aldehydes is 1. The SMILES string of the molecule is C=C1C(=O)C23CC1C[C@@H](O)C2C1(COC3=O)[C@@H](OC(C)=O)CCC(C)(C)[C@H]1C=O. The van der Waals surface area contributed by atoms with E-state index in [1.54, 1.807) is 0 Å². The Kier molecular flexibility index (Phi) is 4.36. The van der Waals surface area contributed by atoms with E-state index in [-0.39, 0.29) is 18.9 Å². The summed E-state index contributed by atoms with van der Waals surface area (Å²) in [6, 6.07) is 0. The van der Waals surface area contributed by atoms with Crippen LogP contribution >= 0.6 is 0 Å². The van der Waals surface area contributed by atoms with Gasteiger partial charge in [0.2, 0.25) is 0 Å². The highest BCUT2D eigenvalue weighted by atomic mass is 16.6. The van der Waals surface area contributed by atoms with Crippen molar-refractivity contribution in [1.29, 1.82) is 0 Å². The number of rotatable bonds is 2. The lowest BCUT2D eigenvalue weighted by atomic mass is 9.43. The Hall–Kier alpha value is -2.02. The van der Waals surface area contributed by atoms with Gasteiger partial charge in [-0.1, -0.05) is 20.4 Å². The minimum absolute atomic E-state index is 0.162. The molecule has 3 aliphatic carbocycles. The second kappa shape index (κ2) is 6.24. The van der Waals surface area contributed by atoms with Crippen LogP contribution in [0, 0.1) is 34.0 Å². The van der Waals surface area contributed by atoms with Crippen molar-refractivity contribution in [2.24, 2.45) is 34.0 Å². The van der Waals surface area contributed by atoms with Gasteiger partial charge in [0.25, 0.3) is 0 Å². The molecule has 0 aromatic heterocycles. The Morgan fingerprint density at radius 2 is 2.03 bits per heavy atom. The van der Waals surface area contributed by atoms with Crippen LogP contribution in [-0.2, 0) is 28.7 Å². The molecule has 0 radical (unpaired) electrons. The first kappa shape index (κ1) is 20.3. The summed E-state index contributed by atoms with van der Waals surface area (Å²) >= 11 is 0. The quantitative estimate of drug-likeness (QED) is 0.322. The minimum Gasteiger partial charge on any atom is -0.464 e. The maximum absolute atomic E-state index is 13.3. The summed E-state index contributed by atoms with van der Waals surface area (Å²) in [5, 5.41) is 11.2. The summed E-state index contributed by atoms with van der Waals surface area (Å²) in [6.07, 6.45) is 0.715. The fraction of sp³-hybridized carbons (Fsp3) is 0.727. The molecule has 4 unspecified atom stereocenters. The maximum Gasteiger partial charge on any atom is 0.320 e. The zero-order chi connectivity index (χ0) is 21.4. The van der Waals surface area contributed by atoms with E-state index in [9.17, 15) is 24.3 Å². The number of hydrogen-bond donors (Lipinski definition) is 1. The zero-order valence-electron chi connectivity index (χ0n) is 17.1. The summed E-state index contributed by atoms with van der Waals surface area (Å²) in [5.41, 5.74) is -2.86. The van der Waals surface area contributed by atoms with E-state index >= 15 is 0 Å². The van der Waals surface area contributed by atoms with Gasteiger partial charge in [-0.15, -0.1) is 0 Å². The van der Waals surface area contributed by atoms with Gasteiger partial charge in [-0.3, -0.25) is 14.4 Å². The van der Waals surface area contributed by atoms with Gasteiger partial charge in [0.1, 0.15) is 24.4 Å². The molecular formula is C22H28O7. The second-order valence-electron chi connectivity index (χ2n) is 9.94. The molecule has 7 heteroatoms. The number of aliphatic hydroxyl groups excluding tert-OH is 1. The fourth-order valence-corrected chi connectivity index (χ4v) is 6.97. The zero-order valence-corrected chi connectivity index (χ0v) is 17.1. The van der Waals surface area contributed by atoms with Crippen molar-refractivity contribution in [3.8, 4) is 0 Å². The second-order valence-corrected chi connectivity index (χ2v) is 9.94. The monoisotopic (exact) mass is 404 g/mol. The van der Waals surface area contributed by atoms with Crippen molar-refractivity contribution < 1.29 is 33.8 Å². The molecule has 29 heavy (non-hydrogen) atoms. The molecular weight excluding hydrogens is 376 g/mol. The van der Waals surface area contributed by atoms with Crippen molar-refractivity contribution in [1.82, 2.24) is 0 Å². The number of cyclic esters (lactones) is 1. The molecule has 0 amide bonds. The van der Waals surface area contributed by atoms with Crippen molar-refractivity contribution in [3.63, 3.8) is 0 Å². The first-order chi connectivity index (χ1) is 13.5. The van der Waals surface area contributed by atoms with Gasteiger partial charge in [0.15, 0.2) is 5.78 Å². The van der Waals surface area contributed by atoms with Crippen molar-refractivity contribution in [3.05, 3.63) is 12.2 Å². The molecule has 7 nitrogen and oxygen atoms in total. The smallest absolute Gasteiger partial charge is 0.320 e. The van der Waals surface area contributed by atoms with Crippen LogP contribution in [0.15, 0.2) is 12.2 Å². The summed E-state index contributed by atoms with van der Waals surface area (Å²) in [6.45, 7) is 8.92. The molecule has 4 fully saturated rings. The standard InChI is InChI=1S/C22H28O7/c1-11-13-7-14(25)17-21(8-13,18(11)26)19(27)28-10-22(17)15(9-23)20(3,4)6-5-16(22)29-12(2)24/h9,13-17,25H,1,5-8,10H2,2-4H3/t13?,14-,15-,16+,17?,21?,22?/m1/s1. The highest BCUT2D eigenvalue weighted by Crippen LogP contribution is 2.68. The summed E-state index contributed by atoms with van der Waals surface area (Å²) < 4.78 is 11.3. The largest absolute Gasteiger partial charge is 0.464 e. The Morgan fingerprint density at radius 3 is 2.66 bits per heavy atom.